The number of rotatable bonds is 8. The molecule has 2 rings (SSSR count). The van der Waals surface area contributed by atoms with Gasteiger partial charge in [-0.2, -0.15) is 0 Å². The number of carbonyl (C=O) groups excluding carboxylic acids is 3. The monoisotopic (exact) mass is 422 g/mol. The third-order valence-corrected chi connectivity index (χ3v) is 5.42. The number of para-hydroxylation sites is 1. The van der Waals surface area contributed by atoms with Gasteiger partial charge in [-0.3, -0.25) is 9.59 Å². The van der Waals surface area contributed by atoms with Crippen LogP contribution in [0.15, 0.2) is 30.3 Å². The van der Waals surface area contributed by atoms with Gasteiger partial charge in [-0.25, -0.2) is 4.79 Å². The molecular formula is C20H23ClN2O4S. The first kappa shape index (κ1) is 21.9. The summed E-state index contributed by atoms with van der Waals surface area (Å²) in [6, 6.07) is 8.64. The van der Waals surface area contributed by atoms with Crippen molar-refractivity contribution in [2.75, 3.05) is 25.5 Å². The molecule has 2 amide bonds. The SMILES string of the molecule is CCCc1cc(C(=O)OCC(=O)N(C)CC(=O)Nc2ccccc2Cl)sc1C. The zero-order valence-corrected chi connectivity index (χ0v) is 17.7. The summed E-state index contributed by atoms with van der Waals surface area (Å²) >= 11 is 7.35. The minimum absolute atomic E-state index is 0.180. The lowest BCUT2D eigenvalue weighted by Gasteiger charge is -2.17. The van der Waals surface area contributed by atoms with Gasteiger partial charge in [0, 0.05) is 11.9 Å². The Morgan fingerprint density at radius 3 is 2.64 bits per heavy atom. The van der Waals surface area contributed by atoms with E-state index in [0.717, 1.165) is 23.3 Å². The second kappa shape index (κ2) is 10.2. The molecular weight excluding hydrogens is 400 g/mol. The number of ether oxygens (including phenoxy) is 1. The van der Waals surface area contributed by atoms with E-state index in [1.165, 1.54) is 23.3 Å². The van der Waals surface area contributed by atoms with E-state index in [-0.39, 0.29) is 6.54 Å². The van der Waals surface area contributed by atoms with Crippen molar-refractivity contribution in [1.29, 1.82) is 0 Å². The molecule has 1 heterocycles. The average Bonchev–Trinajstić information content (AvgIpc) is 3.02. The third-order valence-electron chi connectivity index (χ3n) is 4.02. The molecule has 0 aliphatic heterocycles. The van der Waals surface area contributed by atoms with Crippen LogP contribution in [0.1, 0.15) is 33.5 Å². The molecule has 2 aromatic rings. The van der Waals surface area contributed by atoms with Gasteiger partial charge in [-0.15, -0.1) is 11.3 Å². The summed E-state index contributed by atoms with van der Waals surface area (Å²) in [4.78, 5) is 39.1. The summed E-state index contributed by atoms with van der Waals surface area (Å²) in [5.74, 6) is -1.39. The van der Waals surface area contributed by atoms with E-state index in [2.05, 4.69) is 12.2 Å². The number of carbonyl (C=O) groups is 3. The van der Waals surface area contributed by atoms with Crippen molar-refractivity contribution >= 4 is 46.4 Å². The molecule has 0 fully saturated rings. The van der Waals surface area contributed by atoms with E-state index in [4.69, 9.17) is 16.3 Å². The van der Waals surface area contributed by atoms with Crippen molar-refractivity contribution in [3.8, 4) is 0 Å². The number of likely N-dealkylation sites (N-methyl/N-ethyl adjacent to an activating group) is 1. The number of benzene rings is 1. The molecule has 0 saturated heterocycles. The smallest absolute Gasteiger partial charge is 0.348 e. The molecule has 0 spiro atoms. The van der Waals surface area contributed by atoms with Crippen LogP contribution in [0, 0.1) is 6.92 Å². The highest BCUT2D eigenvalue weighted by atomic mass is 35.5. The number of aryl methyl sites for hydroxylation is 2. The number of esters is 1. The van der Waals surface area contributed by atoms with Gasteiger partial charge in [0.05, 0.1) is 17.3 Å². The number of halogens is 1. The molecule has 1 aromatic heterocycles. The van der Waals surface area contributed by atoms with E-state index in [9.17, 15) is 14.4 Å². The Bertz CT molecular complexity index is 866. The summed E-state index contributed by atoms with van der Waals surface area (Å²) in [7, 11) is 1.47. The Hall–Kier alpha value is -2.38. The maximum atomic E-state index is 12.2. The highest BCUT2D eigenvalue weighted by Gasteiger charge is 2.18. The standard InChI is InChI=1S/C20H23ClN2O4S/c1-4-7-14-10-17(28-13(14)2)20(26)27-12-19(25)23(3)11-18(24)22-16-9-6-5-8-15(16)21/h5-6,8-10H,4,7,11-12H2,1-3H3,(H,22,24). The van der Waals surface area contributed by atoms with Crippen LogP contribution >= 0.6 is 22.9 Å². The summed E-state index contributed by atoms with van der Waals surface area (Å²) < 4.78 is 5.10. The summed E-state index contributed by atoms with van der Waals surface area (Å²) in [6.07, 6.45) is 1.89. The Balaban J connectivity index is 1.83. The van der Waals surface area contributed by atoms with Crippen LogP contribution in [0.2, 0.25) is 5.02 Å². The van der Waals surface area contributed by atoms with Crippen LogP contribution < -0.4 is 5.32 Å². The van der Waals surface area contributed by atoms with Crippen molar-refractivity contribution in [2.24, 2.45) is 0 Å². The second-order valence-corrected chi connectivity index (χ2v) is 7.96. The molecule has 0 aliphatic carbocycles. The lowest BCUT2D eigenvalue weighted by molar-refractivity contribution is -0.136. The number of nitrogens with one attached hydrogen (secondary N) is 1. The number of hydrogen-bond donors (Lipinski definition) is 1. The first-order chi connectivity index (χ1) is 13.3. The minimum Gasteiger partial charge on any atom is -0.451 e. The maximum Gasteiger partial charge on any atom is 0.348 e. The highest BCUT2D eigenvalue weighted by Crippen LogP contribution is 2.23. The molecule has 0 bridgehead atoms. The number of nitrogens with zero attached hydrogens (tertiary/aromatic N) is 1. The van der Waals surface area contributed by atoms with Crippen molar-refractivity contribution in [3.05, 3.63) is 50.7 Å². The van der Waals surface area contributed by atoms with E-state index >= 15 is 0 Å². The minimum atomic E-state index is -0.530. The van der Waals surface area contributed by atoms with E-state index in [1.807, 2.05) is 13.0 Å². The van der Waals surface area contributed by atoms with Crippen molar-refractivity contribution in [2.45, 2.75) is 26.7 Å². The van der Waals surface area contributed by atoms with Gasteiger partial charge >= 0.3 is 5.97 Å². The van der Waals surface area contributed by atoms with Crippen LogP contribution in [0.3, 0.4) is 0 Å². The molecule has 0 unspecified atom stereocenters. The number of anilines is 1. The van der Waals surface area contributed by atoms with Crippen molar-refractivity contribution in [1.82, 2.24) is 4.90 Å². The summed E-state index contributed by atoms with van der Waals surface area (Å²) in [6.45, 7) is 3.43. The molecule has 6 nitrogen and oxygen atoms in total. The van der Waals surface area contributed by atoms with Gasteiger partial charge in [0.15, 0.2) is 6.61 Å². The highest BCUT2D eigenvalue weighted by molar-refractivity contribution is 7.14. The number of amides is 2. The average molecular weight is 423 g/mol. The zero-order chi connectivity index (χ0) is 20.7. The van der Waals surface area contributed by atoms with Gasteiger partial charge in [0.25, 0.3) is 5.91 Å². The Morgan fingerprint density at radius 1 is 1.25 bits per heavy atom. The van der Waals surface area contributed by atoms with Crippen LogP contribution in [0.5, 0.6) is 0 Å². The molecule has 1 N–H and O–H groups in total. The molecule has 8 heteroatoms. The molecule has 1 aromatic carbocycles. The largest absolute Gasteiger partial charge is 0.451 e. The molecule has 0 aliphatic rings. The van der Waals surface area contributed by atoms with Crippen LogP contribution in [-0.2, 0) is 20.7 Å². The van der Waals surface area contributed by atoms with Crippen molar-refractivity contribution in [3.63, 3.8) is 0 Å². The number of hydrogen-bond acceptors (Lipinski definition) is 5. The topological polar surface area (TPSA) is 75.7 Å². The van der Waals surface area contributed by atoms with Gasteiger partial charge in [0.1, 0.15) is 4.88 Å². The van der Waals surface area contributed by atoms with Crippen LogP contribution in [0.25, 0.3) is 0 Å². The normalized spacial score (nSPS) is 10.4. The first-order valence-corrected chi connectivity index (χ1v) is 10.1. The lowest BCUT2D eigenvalue weighted by atomic mass is 10.1. The maximum absolute atomic E-state index is 12.2. The zero-order valence-electron chi connectivity index (χ0n) is 16.1. The molecule has 0 atom stereocenters. The van der Waals surface area contributed by atoms with Crippen LogP contribution in [0.4, 0.5) is 5.69 Å². The van der Waals surface area contributed by atoms with Crippen molar-refractivity contribution < 1.29 is 19.1 Å². The van der Waals surface area contributed by atoms with E-state index in [1.54, 1.807) is 24.3 Å². The lowest BCUT2D eigenvalue weighted by Crippen LogP contribution is -2.37. The Labute approximate surface area is 173 Å². The fourth-order valence-corrected chi connectivity index (χ4v) is 3.65. The summed E-state index contributed by atoms with van der Waals surface area (Å²) in [5.41, 5.74) is 1.59. The predicted molar refractivity (Wildman–Crippen MR) is 111 cm³/mol. The molecule has 150 valence electrons. The fraction of sp³-hybridized carbons (Fsp3) is 0.350. The second-order valence-electron chi connectivity index (χ2n) is 6.30. The van der Waals surface area contributed by atoms with E-state index < -0.39 is 24.4 Å². The predicted octanol–water partition coefficient (Wildman–Crippen LogP) is 3.92. The van der Waals surface area contributed by atoms with E-state index in [0.29, 0.717) is 15.6 Å². The van der Waals surface area contributed by atoms with Gasteiger partial charge in [-0.1, -0.05) is 37.1 Å². The van der Waals surface area contributed by atoms with Gasteiger partial charge in [-0.05, 0) is 37.1 Å². The molecule has 0 radical (unpaired) electrons. The Morgan fingerprint density at radius 2 is 1.96 bits per heavy atom. The van der Waals surface area contributed by atoms with Crippen LogP contribution in [-0.4, -0.2) is 42.9 Å². The molecule has 28 heavy (non-hydrogen) atoms. The quantitative estimate of drug-likeness (QED) is 0.654. The van der Waals surface area contributed by atoms with Gasteiger partial charge in [0.2, 0.25) is 5.91 Å². The Kier molecular flexibility index (Phi) is 8.02. The van der Waals surface area contributed by atoms with Gasteiger partial charge < -0.3 is 15.0 Å². The number of thiophene rings is 1. The molecule has 0 saturated carbocycles. The summed E-state index contributed by atoms with van der Waals surface area (Å²) in [5, 5.41) is 3.05. The fourth-order valence-electron chi connectivity index (χ4n) is 2.50. The first-order valence-electron chi connectivity index (χ1n) is 8.86. The third kappa shape index (κ3) is 6.07.